The number of hydrogen-bond donors (Lipinski definition) is 1. The summed E-state index contributed by atoms with van der Waals surface area (Å²) in [5, 5.41) is 5.39. The summed E-state index contributed by atoms with van der Waals surface area (Å²) in [4.78, 5) is 12.7. The lowest BCUT2D eigenvalue weighted by Crippen LogP contribution is -2.30. The van der Waals surface area contributed by atoms with Crippen molar-refractivity contribution >= 4 is 53.8 Å². The van der Waals surface area contributed by atoms with Gasteiger partial charge in [-0.15, -0.1) is 0 Å². The van der Waals surface area contributed by atoms with Gasteiger partial charge in [-0.05, 0) is 30.3 Å². The molecule has 0 aliphatic carbocycles. The van der Waals surface area contributed by atoms with Gasteiger partial charge in [0.15, 0.2) is 5.65 Å². The van der Waals surface area contributed by atoms with E-state index < -0.39 is 10.0 Å². The van der Waals surface area contributed by atoms with Gasteiger partial charge in [0.05, 0.1) is 16.8 Å². The molecule has 0 aliphatic rings. The molecule has 10 heteroatoms. The normalized spacial score (nSPS) is 12.5. The van der Waals surface area contributed by atoms with E-state index in [4.69, 9.17) is 0 Å². The van der Waals surface area contributed by atoms with Crippen LogP contribution in [-0.4, -0.2) is 50.4 Å². The number of aromatic nitrogens is 5. The molecule has 158 valence electrons. The quantitative estimate of drug-likeness (QED) is 0.391. The molecule has 3 aromatic heterocycles. The van der Waals surface area contributed by atoms with Crippen molar-refractivity contribution in [1.82, 2.24) is 28.9 Å². The molecule has 5 aromatic rings. The number of sulfonamides is 1. The number of hydrogen-bond acceptors (Lipinski definition) is 5. The molecule has 1 N–H and O–H groups in total. The van der Waals surface area contributed by atoms with Crippen LogP contribution in [0.15, 0.2) is 58.0 Å². The van der Waals surface area contributed by atoms with Gasteiger partial charge in [0.2, 0.25) is 10.0 Å². The molecule has 8 nitrogen and oxygen atoms in total. The summed E-state index contributed by atoms with van der Waals surface area (Å²) in [5.41, 5.74) is 3.65. The fourth-order valence-corrected chi connectivity index (χ4v) is 5.43. The molecule has 0 fully saturated rings. The zero-order chi connectivity index (χ0) is 21.8. The number of nitrogens with zero attached hydrogens (tertiary/aromatic N) is 5. The van der Waals surface area contributed by atoms with Crippen LogP contribution in [0.25, 0.3) is 39.1 Å². The third kappa shape index (κ3) is 3.31. The highest BCUT2D eigenvalue weighted by Gasteiger charge is 2.23. The highest BCUT2D eigenvalue weighted by Crippen LogP contribution is 2.28. The predicted octanol–water partition coefficient (Wildman–Crippen LogP) is 4.22. The maximum Gasteiger partial charge on any atom is 0.253 e. The Labute approximate surface area is 187 Å². The molecule has 5 rings (SSSR count). The minimum atomic E-state index is -3.57. The molecule has 2 aromatic carbocycles. The van der Waals surface area contributed by atoms with Crippen molar-refractivity contribution in [1.29, 1.82) is 0 Å². The number of halogens is 1. The lowest BCUT2D eigenvalue weighted by Gasteiger charge is -2.18. The summed E-state index contributed by atoms with van der Waals surface area (Å²) < 4.78 is 30.0. The van der Waals surface area contributed by atoms with Crippen molar-refractivity contribution in [2.45, 2.75) is 18.7 Å². The molecule has 0 saturated heterocycles. The summed E-state index contributed by atoms with van der Waals surface area (Å²) in [6.45, 7) is 4.49. The third-order valence-electron chi connectivity index (χ3n) is 5.30. The van der Waals surface area contributed by atoms with Crippen LogP contribution in [0.1, 0.15) is 13.8 Å². The van der Waals surface area contributed by atoms with Crippen LogP contribution in [0.5, 0.6) is 0 Å². The molecule has 0 unspecified atom stereocenters. The van der Waals surface area contributed by atoms with E-state index in [9.17, 15) is 8.42 Å². The Bertz CT molecular complexity index is 1540. The van der Waals surface area contributed by atoms with E-state index in [1.54, 1.807) is 22.7 Å². The lowest BCUT2D eigenvalue weighted by molar-refractivity contribution is 0.445. The Hall–Kier alpha value is -2.82. The Kier molecular flexibility index (Phi) is 4.80. The molecular formula is C21H19BrN6O2S. The number of imidazole rings is 1. The van der Waals surface area contributed by atoms with Gasteiger partial charge in [0.25, 0.3) is 5.78 Å². The Morgan fingerprint density at radius 2 is 1.81 bits per heavy atom. The van der Waals surface area contributed by atoms with Crippen molar-refractivity contribution in [3.05, 3.63) is 53.1 Å². The first kappa shape index (κ1) is 20.1. The van der Waals surface area contributed by atoms with Gasteiger partial charge in [0.1, 0.15) is 5.52 Å². The molecule has 0 amide bonds. The number of benzene rings is 2. The monoisotopic (exact) mass is 498 g/mol. The first-order chi connectivity index (χ1) is 14.9. The van der Waals surface area contributed by atoms with Crippen LogP contribution in [0.2, 0.25) is 0 Å². The van der Waals surface area contributed by atoms with Gasteiger partial charge >= 0.3 is 0 Å². The minimum absolute atomic E-state index is 0.243. The van der Waals surface area contributed by atoms with Crippen LogP contribution in [0, 0.1) is 0 Å². The minimum Gasteiger partial charge on any atom is -0.338 e. The highest BCUT2D eigenvalue weighted by molar-refractivity contribution is 9.10. The number of H-pyrrole nitrogens is 1. The average molecular weight is 499 g/mol. The molecule has 0 bridgehead atoms. The molecule has 0 spiro atoms. The van der Waals surface area contributed by atoms with Gasteiger partial charge in [-0.3, -0.25) is 0 Å². The summed E-state index contributed by atoms with van der Waals surface area (Å²) >= 11 is 3.44. The highest BCUT2D eigenvalue weighted by atomic mass is 79.9. The second kappa shape index (κ2) is 7.40. The maximum atomic E-state index is 13.0. The third-order valence-corrected chi connectivity index (χ3v) is 7.87. The standard InChI is InChI=1S/C21H19BrN6O2S/c1-3-27(4-2)31(29,30)15-9-10-17-16(11-15)19-20(23-17)25-21-24-18(12-28(21)26-19)13-5-7-14(22)8-6-13/h5-12H,3-4H2,1-2H3,(H,23,24,25). The van der Waals surface area contributed by atoms with Crippen LogP contribution >= 0.6 is 15.9 Å². The summed E-state index contributed by atoms with van der Waals surface area (Å²) in [7, 11) is -3.57. The summed E-state index contributed by atoms with van der Waals surface area (Å²) in [5.74, 6) is 0.466. The SMILES string of the molecule is CCN(CC)S(=O)(=O)c1ccc2[nH]c3nc4nc(-c5ccc(Br)cc5)cn4nc3c2c1. The Balaban J connectivity index is 1.67. The van der Waals surface area contributed by atoms with Gasteiger partial charge < -0.3 is 4.98 Å². The molecule has 0 atom stereocenters. The van der Waals surface area contributed by atoms with Crippen molar-refractivity contribution < 1.29 is 8.42 Å². The predicted molar refractivity (Wildman–Crippen MR) is 123 cm³/mol. The van der Waals surface area contributed by atoms with E-state index in [1.807, 2.05) is 44.3 Å². The molecule has 0 radical (unpaired) electrons. The number of aromatic amines is 1. The van der Waals surface area contributed by atoms with Crippen LogP contribution in [-0.2, 0) is 10.0 Å². The van der Waals surface area contributed by atoms with E-state index >= 15 is 0 Å². The molecule has 31 heavy (non-hydrogen) atoms. The number of nitrogens with one attached hydrogen (secondary N) is 1. The molecular weight excluding hydrogens is 480 g/mol. The van der Waals surface area contributed by atoms with E-state index in [0.29, 0.717) is 35.4 Å². The van der Waals surface area contributed by atoms with Gasteiger partial charge in [-0.2, -0.15) is 14.4 Å². The zero-order valence-corrected chi connectivity index (χ0v) is 19.3. The molecule has 0 aliphatic heterocycles. The molecule has 0 saturated carbocycles. The van der Waals surface area contributed by atoms with Crippen molar-refractivity contribution in [2.75, 3.05) is 13.1 Å². The van der Waals surface area contributed by atoms with Crippen molar-refractivity contribution in [2.24, 2.45) is 0 Å². The topological polar surface area (TPSA) is 96.2 Å². The first-order valence-corrected chi connectivity index (χ1v) is 12.1. The van der Waals surface area contributed by atoms with Crippen LogP contribution in [0.4, 0.5) is 0 Å². The van der Waals surface area contributed by atoms with Gasteiger partial charge in [-0.25, -0.2) is 17.9 Å². The van der Waals surface area contributed by atoms with Crippen molar-refractivity contribution in [3.8, 4) is 11.3 Å². The number of rotatable bonds is 5. The molecule has 3 heterocycles. The number of fused-ring (bicyclic) bond motifs is 4. The smallest absolute Gasteiger partial charge is 0.253 e. The van der Waals surface area contributed by atoms with E-state index in [0.717, 1.165) is 21.2 Å². The first-order valence-electron chi connectivity index (χ1n) is 9.85. The van der Waals surface area contributed by atoms with Gasteiger partial charge in [0, 0.05) is 34.0 Å². The van der Waals surface area contributed by atoms with Crippen molar-refractivity contribution in [3.63, 3.8) is 0 Å². The Morgan fingerprint density at radius 1 is 1.06 bits per heavy atom. The maximum absolute atomic E-state index is 13.0. The lowest BCUT2D eigenvalue weighted by atomic mass is 10.2. The Morgan fingerprint density at radius 3 is 2.52 bits per heavy atom. The van der Waals surface area contributed by atoms with E-state index in [-0.39, 0.29) is 4.90 Å². The zero-order valence-electron chi connectivity index (χ0n) is 16.9. The van der Waals surface area contributed by atoms with Gasteiger partial charge in [-0.1, -0.05) is 41.9 Å². The fourth-order valence-electron chi connectivity index (χ4n) is 3.68. The van der Waals surface area contributed by atoms with Crippen LogP contribution in [0.3, 0.4) is 0 Å². The summed E-state index contributed by atoms with van der Waals surface area (Å²) in [6, 6.07) is 12.9. The van der Waals surface area contributed by atoms with E-state index in [1.165, 1.54) is 4.31 Å². The summed E-state index contributed by atoms with van der Waals surface area (Å²) in [6.07, 6.45) is 1.82. The largest absolute Gasteiger partial charge is 0.338 e. The fraction of sp³-hybridized carbons (Fsp3) is 0.190. The average Bonchev–Trinajstić information content (AvgIpc) is 3.33. The van der Waals surface area contributed by atoms with E-state index in [2.05, 4.69) is 36.0 Å². The second-order valence-electron chi connectivity index (χ2n) is 7.11. The van der Waals surface area contributed by atoms with Crippen LogP contribution < -0.4 is 0 Å². The second-order valence-corrected chi connectivity index (χ2v) is 9.96.